The monoisotopic (exact) mass is 304 g/mol. The first-order valence-corrected chi connectivity index (χ1v) is 9.00. The van der Waals surface area contributed by atoms with Gasteiger partial charge in [-0.3, -0.25) is 0 Å². The fraction of sp³-hybridized carbons (Fsp3) is 1.00. The molecule has 2 heterocycles. The minimum Gasteiger partial charge on any atom is -0.329 e. The molecule has 2 fully saturated rings. The Hall–Kier alpha value is -0.210. The first-order valence-electron chi connectivity index (χ1n) is 7.60. The quantitative estimate of drug-likeness (QED) is 0.780. The van der Waals surface area contributed by atoms with E-state index < -0.39 is 10.2 Å². The van der Waals surface area contributed by atoms with Gasteiger partial charge in [0.2, 0.25) is 0 Å². The topological polar surface area (TPSA) is 69.9 Å². The highest BCUT2D eigenvalue weighted by atomic mass is 32.2. The first kappa shape index (κ1) is 16.2. The predicted octanol–water partition coefficient (Wildman–Crippen LogP) is 0.0704. The number of piperidine rings is 1. The zero-order chi connectivity index (χ0) is 14.8. The van der Waals surface area contributed by atoms with Crippen LogP contribution in [0.2, 0.25) is 0 Å². The van der Waals surface area contributed by atoms with Crippen LogP contribution in [0.1, 0.15) is 32.1 Å². The van der Waals surface area contributed by atoms with Gasteiger partial charge in [-0.05, 0) is 39.3 Å². The molecular weight excluding hydrogens is 276 g/mol. The Labute approximate surface area is 123 Å². The van der Waals surface area contributed by atoms with Gasteiger partial charge in [0, 0.05) is 38.8 Å². The summed E-state index contributed by atoms with van der Waals surface area (Å²) in [6.45, 7) is 2.66. The van der Waals surface area contributed by atoms with E-state index in [1.165, 1.54) is 4.31 Å². The summed E-state index contributed by atoms with van der Waals surface area (Å²) in [5.41, 5.74) is 5.74. The molecule has 0 bridgehead atoms. The van der Waals surface area contributed by atoms with Crippen molar-refractivity contribution in [1.82, 2.24) is 13.5 Å². The highest BCUT2D eigenvalue weighted by Gasteiger charge is 2.36. The predicted molar refractivity (Wildman–Crippen MR) is 80.6 cm³/mol. The average molecular weight is 304 g/mol. The molecule has 2 aliphatic heterocycles. The maximum absolute atomic E-state index is 12.7. The van der Waals surface area contributed by atoms with E-state index in [4.69, 9.17) is 5.73 Å². The van der Waals surface area contributed by atoms with Crippen molar-refractivity contribution in [1.29, 1.82) is 0 Å². The minimum atomic E-state index is -3.37. The van der Waals surface area contributed by atoms with Gasteiger partial charge in [0.25, 0.3) is 10.2 Å². The van der Waals surface area contributed by atoms with E-state index in [0.717, 1.165) is 38.6 Å². The number of nitrogens with two attached hydrogens (primary N) is 1. The Balaban J connectivity index is 2.04. The van der Waals surface area contributed by atoms with Crippen LogP contribution in [0.4, 0.5) is 0 Å². The van der Waals surface area contributed by atoms with Crippen molar-refractivity contribution >= 4 is 10.2 Å². The molecule has 2 aliphatic rings. The summed E-state index contributed by atoms with van der Waals surface area (Å²) in [6, 6.07) is 0.313. The van der Waals surface area contributed by atoms with E-state index in [-0.39, 0.29) is 6.04 Å². The lowest BCUT2D eigenvalue weighted by Crippen LogP contribution is -2.53. The van der Waals surface area contributed by atoms with Crippen LogP contribution in [0, 0.1) is 0 Å². The molecule has 0 spiro atoms. The molecular formula is C13H28N4O2S. The number of likely N-dealkylation sites (N-methyl/N-ethyl adjacent to an activating group) is 2. The maximum atomic E-state index is 12.7. The molecule has 118 valence electrons. The highest BCUT2D eigenvalue weighted by molar-refractivity contribution is 7.86. The van der Waals surface area contributed by atoms with Crippen LogP contribution >= 0.6 is 0 Å². The molecule has 2 rings (SSSR count). The molecule has 6 nitrogen and oxygen atoms in total. The third kappa shape index (κ3) is 3.33. The van der Waals surface area contributed by atoms with Gasteiger partial charge in [-0.25, -0.2) is 0 Å². The van der Waals surface area contributed by atoms with Crippen molar-refractivity contribution in [3.05, 3.63) is 0 Å². The van der Waals surface area contributed by atoms with Gasteiger partial charge < -0.3 is 10.6 Å². The largest absolute Gasteiger partial charge is 0.329 e. The fourth-order valence-electron chi connectivity index (χ4n) is 3.29. The van der Waals surface area contributed by atoms with Crippen molar-refractivity contribution in [2.45, 2.75) is 44.2 Å². The van der Waals surface area contributed by atoms with Crippen molar-refractivity contribution in [2.24, 2.45) is 5.73 Å². The summed E-state index contributed by atoms with van der Waals surface area (Å²) in [4.78, 5) is 2.25. The first-order chi connectivity index (χ1) is 9.46. The standard InChI is InChI=1S/C13H28N4O2S/c1-15-8-5-7-13(15)11-16(2)20(18,19)17-9-4-3-6-12(17)10-14/h12-13H,3-11,14H2,1-2H3. The minimum absolute atomic E-state index is 0.0301. The van der Waals surface area contributed by atoms with E-state index in [0.29, 0.717) is 25.7 Å². The lowest BCUT2D eigenvalue weighted by atomic mass is 10.1. The van der Waals surface area contributed by atoms with E-state index in [1.807, 2.05) is 0 Å². The summed E-state index contributed by atoms with van der Waals surface area (Å²) in [5.74, 6) is 0. The lowest BCUT2D eigenvalue weighted by molar-refractivity contribution is 0.224. The number of likely N-dealkylation sites (tertiary alicyclic amines) is 1. The lowest BCUT2D eigenvalue weighted by Gasteiger charge is -2.37. The molecule has 0 amide bonds. The summed E-state index contributed by atoms with van der Waals surface area (Å²) in [7, 11) is 0.395. The molecule has 20 heavy (non-hydrogen) atoms. The third-order valence-corrected chi connectivity index (χ3v) is 6.69. The second-order valence-electron chi connectivity index (χ2n) is 6.06. The normalized spacial score (nSPS) is 30.2. The van der Waals surface area contributed by atoms with Crippen molar-refractivity contribution in [3.63, 3.8) is 0 Å². The van der Waals surface area contributed by atoms with Gasteiger partial charge >= 0.3 is 0 Å². The van der Waals surface area contributed by atoms with E-state index >= 15 is 0 Å². The molecule has 0 radical (unpaired) electrons. The van der Waals surface area contributed by atoms with Gasteiger partial charge in [-0.2, -0.15) is 17.0 Å². The van der Waals surface area contributed by atoms with Gasteiger partial charge in [-0.15, -0.1) is 0 Å². The molecule has 0 aromatic rings. The Morgan fingerprint density at radius 3 is 2.45 bits per heavy atom. The Bertz CT molecular complexity index is 415. The highest BCUT2D eigenvalue weighted by Crippen LogP contribution is 2.23. The van der Waals surface area contributed by atoms with Crippen LogP contribution in [-0.2, 0) is 10.2 Å². The molecule has 0 aliphatic carbocycles. The molecule has 0 saturated carbocycles. The number of hydrogen-bond donors (Lipinski definition) is 1. The molecule has 2 saturated heterocycles. The van der Waals surface area contributed by atoms with E-state index in [2.05, 4.69) is 11.9 Å². The SMILES string of the molecule is CN1CCCC1CN(C)S(=O)(=O)N1CCCCC1CN. The maximum Gasteiger partial charge on any atom is 0.282 e. The van der Waals surface area contributed by atoms with Crippen molar-refractivity contribution in [2.75, 3.05) is 40.3 Å². The van der Waals surface area contributed by atoms with Crippen LogP contribution in [0.15, 0.2) is 0 Å². The molecule has 0 aromatic carbocycles. The number of rotatable bonds is 5. The summed E-state index contributed by atoms with van der Waals surface area (Å²) < 4.78 is 28.6. The van der Waals surface area contributed by atoms with Gasteiger partial charge in [-0.1, -0.05) is 6.42 Å². The molecule has 2 atom stereocenters. The zero-order valence-electron chi connectivity index (χ0n) is 12.7. The van der Waals surface area contributed by atoms with Crippen molar-refractivity contribution in [3.8, 4) is 0 Å². The molecule has 2 unspecified atom stereocenters. The smallest absolute Gasteiger partial charge is 0.282 e. The Morgan fingerprint density at radius 1 is 1.15 bits per heavy atom. The van der Waals surface area contributed by atoms with Crippen LogP contribution in [0.25, 0.3) is 0 Å². The van der Waals surface area contributed by atoms with E-state index in [1.54, 1.807) is 11.4 Å². The Morgan fingerprint density at radius 2 is 1.85 bits per heavy atom. The van der Waals surface area contributed by atoms with Gasteiger partial charge in [0.05, 0.1) is 0 Å². The third-order valence-electron chi connectivity index (χ3n) is 4.67. The van der Waals surface area contributed by atoms with Gasteiger partial charge in [0.15, 0.2) is 0 Å². The van der Waals surface area contributed by atoms with E-state index in [9.17, 15) is 8.42 Å². The second-order valence-corrected chi connectivity index (χ2v) is 8.05. The second kappa shape index (κ2) is 6.70. The van der Waals surface area contributed by atoms with Crippen LogP contribution in [-0.4, -0.2) is 74.3 Å². The number of hydrogen-bond acceptors (Lipinski definition) is 4. The summed E-state index contributed by atoms with van der Waals surface area (Å²) >= 11 is 0. The van der Waals surface area contributed by atoms with Crippen LogP contribution in [0.3, 0.4) is 0 Å². The molecule has 7 heteroatoms. The van der Waals surface area contributed by atoms with Crippen LogP contribution in [0.5, 0.6) is 0 Å². The number of nitrogens with zero attached hydrogens (tertiary/aromatic N) is 3. The molecule has 0 aromatic heterocycles. The zero-order valence-corrected chi connectivity index (χ0v) is 13.5. The fourth-order valence-corrected chi connectivity index (χ4v) is 4.94. The summed E-state index contributed by atoms with van der Waals surface area (Å²) in [5, 5.41) is 0. The average Bonchev–Trinajstić information content (AvgIpc) is 2.84. The summed E-state index contributed by atoms with van der Waals surface area (Å²) in [6.07, 6.45) is 5.13. The van der Waals surface area contributed by atoms with Crippen molar-refractivity contribution < 1.29 is 8.42 Å². The Kier molecular flexibility index (Phi) is 5.42. The van der Waals surface area contributed by atoms with Gasteiger partial charge in [0.1, 0.15) is 0 Å². The van der Waals surface area contributed by atoms with Crippen LogP contribution < -0.4 is 5.73 Å². The molecule has 2 N–H and O–H groups in total.